The van der Waals surface area contributed by atoms with Gasteiger partial charge < -0.3 is 28.4 Å². The molecule has 0 radical (unpaired) electrons. The van der Waals surface area contributed by atoms with Crippen LogP contribution in [0.3, 0.4) is 0 Å². The molecule has 1 aromatic heterocycles. The molecular formula is C23H23NO6. The van der Waals surface area contributed by atoms with Gasteiger partial charge in [0.25, 0.3) is 0 Å². The number of hydrogen-bond acceptors (Lipinski definition) is 7. The molecule has 0 unspecified atom stereocenters. The fourth-order valence-electron chi connectivity index (χ4n) is 3.63. The monoisotopic (exact) mass is 409 g/mol. The Morgan fingerprint density at radius 3 is 2.27 bits per heavy atom. The van der Waals surface area contributed by atoms with Crippen LogP contribution in [0.4, 0.5) is 0 Å². The van der Waals surface area contributed by atoms with Crippen LogP contribution in [-0.2, 0) is 0 Å². The highest BCUT2D eigenvalue weighted by Crippen LogP contribution is 2.46. The number of nitrogens with zero attached hydrogens (tertiary/aromatic N) is 1. The first kappa shape index (κ1) is 19.7. The molecule has 1 aliphatic rings. The first-order valence-corrected chi connectivity index (χ1v) is 9.36. The first-order chi connectivity index (χ1) is 14.6. The Morgan fingerprint density at radius 1 is 0.833 bits per heavy atom. The van der Waals surface area contributed by atoms with E-state index in [1.807, 2.05) is 43.3 Å². The maximum absolute atomic E-state index is 5.69. The molecule has 0 bridgehead atoms. The number of aromatic nitrogens is 1. The molecular weight excluding hydrogens is 386 g/mol. The number of rotatable bonds is 6. The topological polar surface area (TPSA) is 68.3 Å². The van der Waals surface area contributed by atoms with Crippen molar-refractivity contribution in [3.8, 4) is 34.5 Å². The van der Waals surface area contributed by atoms with E-state index in [0.717, 1.165) is 27.7 Å². The zero-order valence-electron chi connectivity index (χ0n) is 17.6. The van der Waals surface area contributed by atoms with Gasteiger partial charge in [0.2, 0.25) is 18.3 Å². The number of methoxy groups -OCH3 is 4. The molecule has 7 nitrogen and oxygen atoms in total. The Hall–Kier alpha value is -3.61. The molecule has 3 aromatic rings. The molecule has 0 saturated heterocycles. The molecule has 30 heavy (non-hydrogen) atoms. The summed E-state index contributed by atoms with van der Waals surface area (Å²) in [5.74, 6) is 3.58. The molecule has 0 N–H and O–H groups in total. The summed E-state index contributed by atoms with van der Waals surface area (Å²) >= 11 is 0. The van der Waals surface area contributed by atoms with Crippen LogP contribution < -0.4 is 28.4 Å². The van der Waals surface area contributed by atoms with Crippen LogP contribution in [0.2, 0.25) is 0 Å². The number of hydrogen-bond donors (Lipinski definition) is 0. The zero-order valence-corrected chi connectivity index (χ0v) is 17.6. The summed E-state index contributed by atoms with van der Waals surface area (Å²) < 4.78 is 33.3. The fraction of sp³-hybridized carbons (Fsp3) is 0.261. The van der Waals surface area contributed by atoms with Gasteiger partial charge in [-0.1, -0.05) is 0 Å². The average Bonchev–Trinajstić information content (AvgIpc) is 3.25. The average molecular weight is 409 g/mol. The van der Waals surface area contributed by atoms with E-state index in [2.05, 4.69) is 0 Å². The lowest BCUT2D eigenvalue weighted by Gasteiger charge is -2.16. The summed E-state index contributed by atoms with van der Waals surface area (Å²) in [4.78, 5) is 4.72. The maximum Gasteiger partial charge on any atom is 0.231 e. The van der Waals surface area contributed by atoms with Crippen LogP contribution in [0, 0.1) is 6.92 Å². The molecule has 156 valence electrons. The Labute approximate surface area is 174 Å². The second-order valence-corrected chi connectivity index (χ2v) is 6.65. The molecule has 0 fully saturated rings. The number of pyridine rings is 1. The summed E-state index contributed by atoms with van der Waals surface area (Å²) in [5, 5.41) is 1.77. The van der Waals surface area contributed by atoms with Crippen LogP contribution in [0.1, 0.15) is 17.0 Å². The van der Waals surface area contributed by atoms with Crippen molar-refractivity contribution in [1.82, 2.24) is 4.98 Å². The third-order valence-electron chi connectivity index (χ3n) is 4.93. The number of ether oxygens (including phenoxy) is 6. The zero-order chi connectivity index (χ0) is 21.3. The second-order valence-electron chi connectivity index (χ2n) is 6.65. The van der Waals surface area contributed by atoms with Crippen LogP contribution in [0.5, 0.6) is 34.5 Å². The lowest BCUT2D eigenvalue weighted by Crippen LogP contribution is -1.98. The molecule has 7 heteroatoms. The summed E-state index contributed by atoms with van der Waals surface area (Å²) in [5.41, 5.74) is 2.47. The molecule has 2 aromatic carbocycles. The third kappa shape index (κ3) is 3.22. The van der Waals surface area contributed by atoms with E-state index in [1.54, 1.807) is 28.4 Å². The Kier molecular flexibility index (Phi) is 5.27. The van der Waals surface area contributed by atoms with Crippen molar-refractivity contribution in [3.63, 3.8) is 0 Å². The summed E-state index contributed by atoms with van der Waals surface area (Å²) in [7, 11) is 6.39. The van der Waals surface area contributed by atoms with Crippen molar-refractivity contribution in [2.24, 2.45) is 0 Å². The molecule has 0 aliphatic carbocycles. The van der Waals surface area contributed by atoms with Gasteiger partial charge in [-0.25, -0.2) is 0 Å². The number of benzene rings is 2. The fourth-order valence-corrected chi connectivity index (χ4v) is 3.63. The van der Waals surface area contributed by atoms with Crippen molar-refractivity contribution in [1.29, 1.82) is 0 Å². The third-order valence-corrected chi connectivity index (χ3v) is 4.93. The minimum atomic E-state index is 0.160. The standard InChI is InChI=1S/C23H23NO6/c1-13-10-15-11-18(26-3)21(27-4)23(28-5)19(15)16(24-13)8-6-14-7-9-17(25-2)22-20(14)29-12-30-22/h6-11H,12H2,1-5H3/b8-6+. The highest BCUT2D eigenvalue weighted by molar-refractivity contribution is 5.99. The van der Waals surface area contributed by atoms with Gasteiger partial charge in [-0.15, -0.1) is 0 Å². The van der Waals surface area contributed by atoms with Crippen molar-refractivity contribution in [2.45, 2.75) is 6.92 Å². The van der Waals surface area contributed by atoms with E-state index < -0.39 is 0 Å². The molecule has 0 amide bonds. The Bertz CT molecular complexity index is 1140. The van der Waals surface area contributed by atoms with Crippen LogP contribution in [0.15, 0.2) is 24.3 Å². The normalized spacial score (nSPS) is 12.4. The van der Waals surface area contributed by atoms with Crippen LogP contribution in [0.25, 0.3) is 22.9 Å². The highest BCUT2D eigenvalue weighted by atomic mass is 16.7. The minimum Gasteiger partial charge on any atom is -0.493 e. The van der Waals surface area contributed by atoms with E-state index >= 15 is 0 Å². The lowest BCUT2D eigenvalue weighted by atomic mass is 10.0. The van der Waals surface area contributed by atoms with Gasteiger partial charge in [0, 0.05) is 11.3 Å². The van der Waals surface area contributed by atoms with Gasteiger partial charge in [-0.3, -0.25) is 4.98 Å². The smallest absolute Gasteiger partial charge is 0.231 e. The molecule has 1 aliphatic heterocycles. The largest absolute Gasteiger partial charge is 0.493 e. The molecule has 0 spiro atoms. The predicted molar refractivity (Wildman–Crippen MR) is 114 cm³/mol. The van der Waals surface area contributed by atoms with Crippen molar-refractivity contribution in [3.05, 3.63) is 41.2 Å². The van der Waals surface area contributed by atoms with Gasteiger partial charge >= 0.3 is 0 Å². The van der Waals surface area contributed by atoms with Crippen molar-refractivity contribution >= 4 is 22.9 Å². The highest BCUT2D eigenvalue weighted by Gasteiger charge is 2.22. The SMILES string of the molecule is COc1ccc(/C=C/c2nc(C)cc3cc(OC)c(OC)c(OC)c23)c2c1OCO2. The van der Waals surface area contributed by atoms with E-state index in [9.17, 15) is 0 Å². The Balaban J connectivity index is 1.89. The van der Waals surface area contributed by atoms with Gasteiger partial charge in [-0.05, 0) is 48.7 Å². The summed E-state index contributed by atoms with van der Waals surface area (Å²) in [6.45, 7) is 2.11. The second kappa shape index (κ2) is 8.02. The first-order valence-electron chi connectivity index (χ1n) is 9.36. The van der Waals surface area contributed by atoms with E-state index in [4.69, 9.17) is 33.4 Å². The summed E-state index contributed by atoms with van der Waals surface area (Å²) in [6.07, 6.45) is 3.86. The Morgan fingerprint density at radius 2 is 1.57 bits per heavy atom. The lowest BCUT2D eigenvalue weighted by molar-refractivity contribution is 0.171. The quantitative estimate of drug-likeness (QED) is 0.595. The molecule has 0 atom stereocenters. The maximum atomic E-state index is 5.69. The van der Waals surface area contributed by atoms with E-state index in [0.29, 0.717) is 34.5 Å². The van der Waals surface area contributed by atoms with Gasteiger partial charge in [0.1, 0.15) is 0 Å². The number of fused-ring (bicyclic) bond motifs is 2. The van der Waals surface area contributed by atoms with Crippen molar-refractivity contribution in [2.75, 3.05) is 35.2 Å². The minimum absolute atomic E-state index is 0.160. The van der Waals surface area contributed by atoms with E-state index in [1.165, 1.54) is 0 Å². The van der Waals surface area contributed by atoms with Gasteiger partial charge in [0.05, 0.1) is 39.5 Å². The van der Waals surface area contributed by atoms with Crippen molar-refractivity contribution < 1.29 is 28.4 Å². The number of aryl methyl sites for hydroxylation is 1. The van der Waals surface area contributed by atoms with E-state index in [-0.39, 0.29) is 6.79 Å². The van der Waals surface area contributed by atoms with Gasteiger partial charge in [-0.2, -0.15) is 0 Å². The van der Waals surface area contributed by atoms with Crippen LogP contribution in [-0.4, -0.2) is 40.2 Å². The molecule has 4 rings (SSSR count). The predicted octanol–water partition coefficient (Wildman–Crippen LogP) is 4.48. The van der Waals surface area contributed by atoms with Crippen LogP contribution >= 0.6 is 0 Å². The molecule has 2 heterocycles. The summed E-state index contributed by atoms with van der Waals surface area (Å²) in [6, 6.07) is 7.68. The van der Waals surface area contributed by atoms with Gasteiger partial charge in [0.15, 0.2) is 23.0 Å². The molecule has 0 saturated carbocycles.